The minimum absolute atomic E-state index is 0.0276. The first-order valence-corrected chi connectivity index (χ1v) is 9.75. The third kappa shape index (κ3) is 5.54. The highest BCUT2D eigenvalue weighted by Gasteiger charge is 2.18. The van der Waals surface area contributed by atoms with E-state index in [1.165, 1.54) is 18.3 Å². The largest absolute Gasteiger partial charge is 0.508 e. The van der Waals surface area contributed by atoms with Gasteiger partial charge in [-0.1, -0.05) is 18.2 Å². The Bertz CT molecular complexity index is 939. The van der Waals surface area contributed by atoms with E-state index in [1.807, 2.05) is 0 Å². The van der Waals surface area contributed by atoms with Crippen LogP contribution in [0.3, 0.4) is 0 Å². The van der Waals surface area contributed by atoms with E-state index in [0.29, 0.717) is 17.5 Å². The first-order valence-electron chi connectivity index (χ1n) is 9.75. The molecule has 0 aromatic heterocycles. The van der Waals surface area contributed by atoms with Crippen LogP contribution in [0.25, 0.3) is 0 Å². The fraction of sp³-hybridized carbons (Fsp3) is 0.333. The summed E-state index contributed by atoms with van der Waals surface area (Å²) in [4.78, 5) is 27.2. The van der Waals surface area contributed by atoms with Crippen molar-refractivity contribution >= 4 is 23.5 Å². The fourth-order valence-corrected chi connectivity index (χ4v) is 3.29. The van der Waals surface area contributed by atoms with Gasteiger partial charge in [-0.3, -0.25) is 14.9 Å². The van der Waals surface area contributed by atoms with E-state index in [0.717, 1.165) is 31.9 Å². The lowest BCUT2D eigenvalue weighted by Crippen LogP contribution is -2.44. The molecule has 9 heteroatoms. The van der Waals surface area contributed by atoms with Crippen molar-refractivity contribution in [3.05, 3.63) is 63.7 Å². The van der Waals surface area contributed by atoms with Crippen LogP contribution in [0.5, 0.6) is 5.75 Å². The van der Waals surface area contributed by atoms with Crippen molar-refractivity contribution < 1.29 is 14.8 Å². The number of amides is 1. The molecule has 0 spiro atoms. The van der Waals surface area contributed by atoms with Crippen molar-refractivity contribution in [2.75, 3.05) is 38.1 Å². The molecule has 3 rings (SSSR count). The minimum Gasteiger partial charge on any atom is -0.508 e. The summed E-state index contributed by atoms with van der Waals surface area (Å²) in [5.41, 5.74) is 4.55. The number of piperazine rings is 1. The molecule has 1 fully saturated rings. The maximum atomic E-state index is 12.1. The first-order chi connectivity index (χ1) is 14.4. The zero-order chi connectivity index (χ0) is 21.5. The van der Waals surface area contributed by atoms with Crippen molar-refractivity contribution in [2.24, 2.45) is 5.10 Å². The molecule has 1 aliphatic heterocycles. The van der Waals surface area contributed by atoms with Crippen molar-refractivity contribution in [3.63, 3.8) is 0 Å². The number of phenolic OH excluding ortho intramolecular Hbond substituents is 1. The molecule has 158 valence electrons. The van der Waals surface area contributed by atoms with Gasteiger partial charge in [0.25, 0.3) is 5.69 Å². The van der Waals surface area contributed by atoms with Crippen LogP contribution in [-0.4, -0.2) is 60.3 Å². The molecule has 2 aromatic rings. The van der Waals surface area contributed by atoms with E-state index in [9.17, 15) is 20.0 Å². The molecular weight excluding hydrogens is 386 g/mol. The number of non-ortho nitro benzene ring substituents is 1. The van der Waals surface area contributed by atoms with Crippen LogP contribution in [0.4, 0.5) is 11.4 Å². The summed E-state index contributed by atoms with van der Waals surface area (Å²) in [7, 11) is 2.06. The van der Waals surface area contributed by atoms with E-state index in [-0.39, 0.29) is 23.8 Å². The van der Waals surface area contributed by atoms with Gasteiger partial charge >= 0.3 is 0 Å². The summed E-state index contributed by atoms with van der Waals surface area (Å²) in [6.07, 6.45) is 1.99. The fourth-order valence-electron chi connectivity index (χ4n) is 3.29. The average molecular weight is 411 g/mol. The quantitative estimate of drug-likeness (QED) is 0.410. The number of nitrogens with one attached hydrogen (secondary N) is 1. The molecule has 30 heavy (non-hydrogen) atoms. The molecule has 1 amide bonds. The van der Waals surface area contributed by atoms with Crippen LogP contribution in [0.15, 0.2) is 47.6 Å². The van der Waals surface area contributed by atoms with Crippen molar-refractivity contribution in [2.45, 2.75) is 12.8 Å². The SMILES string of the molecule is CN1CCN(c2ccc([N+](=O)[O-])cc2/C=N/NC(=O)CCc2ccccc2O)CC1. The summed E-state index contributed by atoms with van der Waals surface area (Å²) < 4.78 is 0. The first kappa shape index (κ1) is 21.3. The third-order valence-corrected chi connectivity index (χ3v) is 5.07. The van der Waals surface area contributed by atoms with Crippen LogP contribution >= 0.6 is 0 Å². The Labute approximate surface area is 174 Å². The number of carbonyl (C=O) groups is 1. The molecule has 0 aliphatic carbocycles. The number of carbonyl (C=O) groups excluding carboxylic acids is 1. The Hall–Kier alpha value is -3.46. The second kappa shape index (κ2) is 9.84. The van der Waals surface area contributed by atoms with Gasteiger partial charge in [-0.25, -0.2) is 5.43 Å². The van der Waals surface area contributed by atoms with Crippen molar-refractivity contribution in [3.8, 4) is 5.75 Å². The lowest BCUT2D eigenvalue weighted by molar-refractivity contribution is -0.384. The number of phenols is 1. The molecule has 1 aliphatic rings. The lowest BCUT2D eigenvalue weighted by Gasteiger charge is -2.34. The minimum atomic E-state index is -0.448. The molecular formula is C21H25N5O4. The Morgan fingerprint density at radius 1 is 1.23 bits per heavy atom. The summed E-state index contributed by atoms with van der Waals surface area (Å²) >= 11 is 0. The maximum absolute atomic E-state index is 12.1. The number of benzene rings is 2. The number of nitro benzene ring substituents is 1. The number of nitro groups is 1. The average Bonchev–Trinajstić information content (AvgIpc) is 2.74. The molecule has 0 radical (unpaired) electrons. The number of para-hydroxylation sites is 1. The Balaban J connectivity index is 1.66. The molecule has 0 unspecified atom stereocenters. The standard InChI is InChI=1S/C21H25N5O4/c1-24-10-12-25(13-11-24)19-8-7-18(26(29)30)14-17(19)15-22-23-21(28)9-6-16-4-2-3-5-20(16)27/h2-5,7-8,14-15,27H,6,9-13H2,1H3,(H,23,28)/b22-15+. The summed E-state index contributed by atoms with van der Waals surface area (Å²) in [6.45, 7) is 3.41. The van der Waals surface area contributed by atoms with Gasteiger partial charge < -0.3 is 14.9 Å². The van der Waals surface area contributed by atoms with E-state index in [1.54, 1.807) is 30.3 Å². The van der Waals surface area contributed by atoms with Gasteiger partial charge in [0.05, 0.1) is 11.1 Å². The number of nitrogens with zero attached hydrogens (tertiary/aromatic N) is 4. The van der Waals surface area contributed by atoms with Crippen molar-refractivity contribution in [1.29, 1.82) is 0 Å². The zero-order valence-corrected chi connectivity index (χ0v) is 16.8. The smallest absolute Gasteiger partial charge is 0.270 e. The lowest BCUT2D eigenvalue weighted by atomic mass is 10.1. The number of aromatic hydroxyl groups is 1. The number of rotatable bonds is 7. The van der Waals surface area contributed by atoms with Gasteiger partial charge in [0.1, 0.15) is 5.75 Å². The van der Waals surface area contributed by atoms with Crippen LogP contribution in [0, 0.1) is 10.1 Å². The van der Waals surface area contributed by atoms with Crippen LogP contribution in [-0.2, 0) is 11.2 Å². The number of anilines is 1. The topological polar surface area (TPSA) is 111 Å². The van der Waals surface area contributed by atoms with E-state index in [2.05, 4.69) is 27.4 Å². The van der Waals surface area contributed by atoms with E-state index >= 15 is 0 Å². The molecule has 2 aromatic carbocycles. The predicted octanol–water partition coefficient (Wildman–Crippen LogP) is 2.14. The third-order valence-electron chi connectivity index (χ3n) is 5.07. The number of hydrogen-bond acceptors (Lipinski definition) is 7. The Morgan fingerprint density at radius 3 is 2.67 bits per heavy atom. The van der Waals surface area contributed by atoms with Crippen molar-refractivity contribution in [1.82, 2.24) is 10.3 Å². The van der Waals surface area contributed by atoms with Gasteiger partial charge in [0, 0.05) is 56.0 Å². The number of hydrogen-bond donors (Lipinski definition) is 2. The number of likely N-dealkylation sites (N-methyl/N-ethyl adjacent to an activating group) is 1. The van der Waals surface area contributed by atoms with E-state index in [4.69, 9.17) is 0 Å². The highest BCUT2D eigenvalue weighted by atomic mass is 16.6. The molecule has 9 nitrogen and oxygen atoms in total. The van der Waals surface area contributed by atoms with E-state index < -0.39 is 4.92 Å². The summed E-state index contributed by atoms with van der Waals surface area (Å²) in [5, 5.41) is 24.9. The van der Waals surface area contributed by atoms with Gasteiger partial charge in [-0.2, -0.15) is 5.10 Å². The van der Waals surface area contributed by atoms with Gasteiger partial charge in [-0.15, -0.1) is 0 Å². The molecule has 0 bridgehead atoms. The number of aryl methyl sites for hydroxylation is 1. The molecule has 0 atom stereocenters. The zero-order valence-electron chi connectivity index (χ0n) is 16.8. The van der Waals surface area contributed by atoms with Crippen LogP contribution < -0.4 is 10.3 Å². The maximum Gasteiger partial charge on any atom is 0.270 e. The second-order valence-corrected chi connectivity index (χ2v) is 7.21. The van der Waals surface area contributed by atoms with Crippen LogP contribution in [0.1, 0.15) is 17.5 Å². The molecule has 1 heterocycles. The summed E-state index contributed by atoms with van der Waals surface area (Å²) in [6, 6.07) is 11.5. The molecule has 1 saturated heterocycles. The predicted molar refractivity (Wildman–Crippen MR) is 115 cm³/mol. The summed E-state index contributed by atoms with van der Waals surface area (Å²) in [5.74, 6) is -0.150. The van der Waals surface area contributed by atoms with Gasteiger partial charge in [0.15, 0.2) is 0 Å². The Kier molecular flexibility index (Phi) is 6.97. The highest BCUT2D eigenvalue weighted by molar-refractivity contribution is 5.90. The van der Waals surface area contributed by atoms with Gasteiger partial charge in [-0.05, 0) is 31.2 Å². The second-order valence-electron chi connectivity index (χ2n) is 7.21. The van der Waals surface area contributed by atoms with Crippen LogP contribution in [0.2, 0.25) is 0 Å². The molecule has 2 N–H and O–H groups in total. The highest BCUT2D eigenvalue weighted by Crippen LogP contribution is 2.25. The number of hydrazone groups is 1. The molecule has 0 saturated carbocycles. The van der Waals surface area contributed by atoms with Gasteiger partial charge in [0.2, 0.25) is 5.91 Å². The monoisotopic (exact) mass is 411 g/mol. The normalized spacial score (nSPS) is 14.8. The Morgan fingerprint density at radius 2 is 1.97 bits per heavy atom.